The van der Waals surface area contributed by atoms with Gasteiger partial charge in [-0.05, 0) is 48.0 Å². The van der Waals surface area contributed by atoms with Crippen molar-refractivity contribution in [1.29, 1.82) is 0 Å². The number of esters is 1. The molecule has 0 N–H and O–H groups in total. The van der Waals surface area contributed by atoms with Gasteiger partial charge >= 0.3 is 5.97 Å². The van der Waals surface area contributed by atoms with Gasteiger partial charge in [0.25, 0.3) is 11.8 Å². The SMILES string of the molecule is O=C(OCc1cccc(F)c1)c1ccc2c(c1)C(=O)N(Cc1ccco1)C2=O. The van der Waals surface area contributed by atoms with Crippen LogP contribution in [0.1, 0.15) is 42.4 Å². The zero-order valence-electron chi connectivity index (χ0n) is 14.6. The number of furan rings is 1. The van der Waals surface area contributed by atoms with E-state index in [0.29, 0.717) is 11.3 Å². The molecule has 0 radical (unpaired) electrons. The average molecular weight is 379 g/mol. The van der Waals surface area contributed by atoms with Crippen molar-refractivity contribution in [3.63, 3.8) is 0 Å². The summed E-state index contributed by atoms with van der Waals surface area (Å²) in [5.74, 6) is -1.57. The number of rotatable bonds is 5. The number of fused-ring (bicyclic) bond motifs is 1. The number of hydrogen-bond acceptors (Lipinski definition) is 5. The maximum Gasteiger partial charge on any atom is 0.338 e. The molecule has 2 heterocycles. The number of ether oxygens (including phenoxy) is 1. The predicted octanol–water partition coefficient (Wildman–Crippen LogP) is 3.57. The molecule has 6 nitrogen and oxygen atoms in total. The molecule has 2 amide bonds. The van der Waals surface area contributed by atoms with E-state index in [1.54, 1.807) is 18.2 Å². The Kier molecular flexibility index (Phi) is 4.49. The van der Waals surface area contributed by atoms with Gasteiger partial charge in [0.15, 0.2) is 0 Å². The first-order valence-electron chi connectivity index (χ1n) is 8.47. The maximum absolute atomic E-state index is 13.2. The normalized spacial score (nSPS) is 13.0. The molecule has 28 heavy (non-hydrogen) atoms. The van der Waals surface area contributed by atoms with Crippen molar-refractivity contribution < 1.29 is 27.9 Å². The Balaban J connectivity index is 1.50. The van der Waals surface area contributed by atoms with Gasteiger partial charge < -0.3 is 9.15 Å². The van der Waals surface area contributed by atoms with Crippen molar-refractivity contribution >= 4 is 17.8 Å². The Bertz CT molecular complexity index is 1070. The van der Waals surface area contributed by atoms with Gasteiger partial charge in [-0.3, -0.25) is 14.5 Å². The van der Waals surface area contributed by atoms with Crippen LogP contribution < -0.4 is 0 Å². The number of carbonyl (C=O) groups is 3. The minimum absolute atomic E-state index is 0.0126. The third-order valence-corrected chi connectivity index (χ3v) is 4.36. The molecule has 0 spiro atoms. The zero-order valence-corrected chi connectivity index (χ0v) is 14.6. The lowest BCUT2D eigenvalue weighted by Crippen LogP contribution is -2.28. The molecular weight excluding hydrogens is 365 g/mol. The molecule has 1 aromatic heterocycles. The Morgan fingerprint density at radius 1 is 1.00 bits per heavy atom. The molecule has 0 bridgehead atoms. The second kappa shape index (κ2) is 7.11. The fraction of sp³-hybridized carbons (Fsp3) is 0.0952. The molecule has 3 aromatic rings. The van der Waals surface area contributed by atoms with Gasteiger partial charge in [0.05, 0.1) is 29.5 Å². The summed E-state index contributed by atoms with van der Waals surface area (Å²) >= 11 is 0. The van der Waals surface area contributed by atoms with Gasteiger partial charge in [0, 0.05) is 0 Å². The Morgan fingerprint density at radius 3 is 2.57 bits per heavy atom. The first kappa shape index (κ1) is 17.7. The molecule has 140 valence electrons. The van der Waals surface area contributed by atoms with Crippen LogP contribution in [-0.4, -0.2) is 22.7 Å². The van der Waals surface area contributed by atoms with Crippen molar-refractivity contribution in [2.75, 3.05) is 0 Å². The largest absolute Gasteiger partial charge is 0.467 e. The van der Waals surface area contributed by atoms with E-state index in [4.69, 9.17) is 9.15 Å². The molecular formula is C21H14FNO5. The highest BCUT2D eigenvalue weighted by atomic mass is 19.1. The molecule has 2 aromatic carbocycles. The molecule has 0 atom stereocenters. The van der Waals surface area contributed by atoms with E-state index in [0.717, 1.165) is 4.90 Å². The molecule has 0 fully saturated rings. The summed E-state index contributed by atoms with van der Waals surface area (Å²) in [7, 11) is 0. The van der Waals surface area contributed by atoms with Gasteiger partial charge in [0.2, 0.25) is 0 Å². The highest BCUT2D eigenvalue weighted by Gasteiger charge is 2.36. The van der Waals surface area contributed by atoms with E-state index < -0.39 is 23.6 Å². The number of hydrogen-bond donors (Lipinski definition) is 0. The predicted molar refractivity (Wildman–Crippen MR) is 94.9 cm³/mol. The average Bonchev–Trinajstić information content (AvgIpc) is 3.29. The standard InChI is InChI=1S/C21H14FNO5/c22-15-4-1-3-13(9-15)12-28-21(26)14-6-7-17-18(10-14)20(25)23(19(17)24)11-16-5-2-8-27-16/h1-10H,11-12H2. The molecule has 0 saturated carbocycles. The summed E-state index contributed by atoms with van der Waals surface area (Å²) in [5, 5.41) is 0. The van der Waals surface area contributed by atoms with Crippen molar-refractivity contribution in [3.8, 4) is 0 Å². The molecule has 4 rings (SSSR count). The van der Waals surface area contributed by atoms with Crippen LogP contribution in [0.15, 0.2) is 65.3 Å². The van der Waals surface area contributed by atoms with Gasteiger partial charge in [-0.25, -0.2) is 9.18 Å². The quantitative estimate of drug-likeness (QED) is 0.500. The molecule has 1 aliphatic heterocycles. The fourth-order valence-corrected chi connectivity index (χ4v) is 2.98. The first-order chi connectivity index (χ1) is 13.5. The molecule has 1 aliphatic rings. The van der Waals surface area contributed by atoms with Crippen LogP contribution in [0, 0.1) is 5.82 Å². The Labute approximate surface area is 159 Å². The molecule has 0 aliphatic carbocycles. The monoisotopic (exact) mass is 379 g/mol. The van der Waals surface area contributed by atoms with Crippen LogP contribution in [0.4, 0.5) is 4.39 Å². The Hall–Kier alpha value is -3.74. The second-order valence-electron chi connectivity index (χ2n) is 6.24. The third-order valence-electron chi connectivity index (χ3n) is 4.36. The number of carbonyl (C=O) groups excluding carboxylic acids is 3. The number of halogens is 1. The van der Waals surface area contributed by atoms with Gasteiger partial charge in [-0.15, -0.1) is 0 Å². The zero-order chi connectivity index (χ0) is 19.7. The molecule has 0 saturated heterocycles. The molecule has 7 heteroatoms. The smallest absolute Gasteiger partial charge is 0.338 e. The number of nitrogens with zero attached hydrogens (tertiary/aromatic N) is 1. The number of amides is 2. The van der Waals surface area contributed by atoms with E-state index in [-0.39, 0.29) is 29.8 Å². The first-order valence-corrected chi connectivity index (χ1v) is 8.47. The van der Waals surface area contributed by atoms with Gasteiger partial charge in [0.1, 0.15) is 18.2 Å². The lowest BCUT2D eigenvalue weighted by molar-refractivity contribution is 0.0472. The highest BCUT2D eigenvalue weighted by Crippen LogP contribution is 2.26. The van der Waals surface area contributed by atoms with Crippen molar-refractivity contribution in [1.82, 2.24) is 4.90 Å². The maximum atomic E-state index is 13.2. The van der Waals surface area contributed by atoms with Crippen LogP contribution in [0.2, 0.25) is 0 Å². The van der Waals surface area contributed by atoms with Crippen LogP contribution >= 0.6 is 0 Å². The van der Waals surface area contributed by atoms with Crippen LogP contribution in [-0.2, 0) is 17.9 Å². The lowest BCUT2D eigenvalue weighted by Gasteiger charge is -2.11. The minimum atomic E-state index is -0.670. The second-order valence-corrected chi connectivity index (χ2v) is 6.24. The lowest BCUT2D eigenvalue weighted by atomic mass is 10.1. The number of imide groups is 1. The van der Waals surface area contributed by atoms with Crippen LogP contribution in [0.3, 0.4) is 0 Å². The number of benzene rings is 2. The topological polar surface area (TPSA) is 76.8 Å². The van der Waals surface area contributed by atoms with Gasteiger partial charge in [-0.2, -0.15) is 0 Å². The summed E-state index contributed by atoms with van der Waals surface area (Å²) in [6.45, 7) is -0.0934. The summed E-state index contributed by atoms with van der Waals surface area (Å²) < 4.78 is 23.6. The van der Waals surface area contributed by atoms with E-state index in [1.807, 2.05) is 0 Å². The summed E-state index contributed by atoms with van der Waals surface area (Å²) in [6.07, 6.45) is 1.46. The van der Waals surface area contributed by atoms with Crippen molar-refractivity contribution in [3.05, 3.63) is 94.7 Å². The highest BCUT2D eigenvalue weighted by molar-refractivity contribution is 6.21. The van der Waals surface area contributed by atoms with Crippen LogP contribution in [0.5, 0.6) is 0 Å². The Morgan fingerprint density at radius 2 is 1.82 bits per heavy atom. The summed E-state index contributed by atoms with van der Waals surface area (Å²) in [5.41, 5.74) is 0.997. The van der Waals surface area contributed by atoms with E-state index >= 15 is 0 Å². The minimum Gasteiger partial charge on any atom is -0.467 e. The van der Waals surface area contributed by atoms with E-state index in [1.165, 1.54) is 42.7 Å². The van der Waals surface area contributed by atoms with Gasteiger partial charge in [-0.1, -0.05) is 12.1 Å². The van der Waals surface area contributed by atoms with Crippen molar-refractivity contribution in [2.45, 2.75) is 13.2 Å². The van der Waals surface area contributed by atoms with E-state index in [2.05, 4.69) is 0 Å². The molecule has 0 unspecified atom stereocenters. The van der Waals surface area contributed by atoms with Crippen molar-refractivity contribution in [2.24, 2.45) is 0 Å². The third kappa shape index (κ3) is 3.29. The van der Waals surface area contributed by atoms with E-state index in [9.17, 15) is 18.8 Å². The fourth-order valence-electron chi connectivity index (χ4n) is 2.98. The summed E-state index contributed by atoms with van der Waals surface area (Å²) in [6, 6.07) is 13.2. The van der Waals surface area contributed by atoms with Crippen LogP contribution in [0.25, 0.3) is 0 Å². The summed E-state index contributed by atoms with van der Waals surface area (Å²) in [4.78, 5) is 38.4.